The van der Waals surface area contributed by atoms with Crippen LogP contribution in [0.4, 0.5) is 0 Å². The molecule has 0 amide bonds. The molecule has 4 nitrogen and oxygen atoms in total. The van der Waals surface area contributed by atoms with Gasteiger partial charge < -0.3 is 4.18 Å². The minimum atomic E-state index is -4.04. The van der Waals surface area contributed by atoms with Crippen LogP contribution in [-0.4, -0.2) is 14.7 Å². The van der Waals surface area contributed by atoms with Crippen molar-refractivity contribution in [2.75, 3.05) is 0 Å². The Kier molecular flexibility index (Phi) is 4.47. The molecular weight excluding hydrogens is 368 g/mol. The second-order valence-corrected chi connectivity index (χ2v) is 6.57. The van der Waals surface area contributed by atoms with Gasteiger partial charge in [0.2, 0.25) is 0 Å². The average molecular weight is 376 g/mol. The van der Waals surface area contributed by atoms with Gasteiger partial charge in [-0.1, -0.05) is 23.7 Å². The van der Waals surface area contributed by atoms with E-state index in [1.165, 1.54) is 24.3 Å². The van der Waals surface area contributed by atoms with Crippen LogP contribution in [0.25, 0.3) is 0 Å². The van der Waals surface area contributed by atoms with Crippen LogP contribution in [0.5, 0.6) is 5.75 Å². The second-order valence-electron chi connectivity index (χ2n) is 3.77. The lowest BCUT2D eigenvalue weighted by molar-refractivity contribution is 0.112. The van der Waals surface area contributed by atoms with Crippen molar-refractivity contribution in [1.29, 1.82) is 0 Å². The van der Waals surface area contributed by atoms with Crippen LogP contribution in [0.3, 0.4) is 0 Å². The van der Waals surface area contributed by atoms with Crippen LogP contribution in [0.1, 0.15) is 10.4 Å². The first-order chi connectivity index (χ1) is 9.44. The zero-order valence-electron chi connectivity index (χ0n) is 9.92. The number of hydrogen-bond donors (Lipinski definition) is 0. The van der Waals surface area contributed by atoms with E-state index in [9.17, 15) is 13.2 Å². The first-order valence-electron chi connectivity index (χ1n) is 5.38. The first kappa shape index (κ1) is 15.0. The van der Waals surface area contributed by atoms with Gasteiger partial charge in [0.05, 0.1) is 5.56 Å². The van der Waals surface area contributed by atoms with E-state index in [0.717, 1.165) is 0 Å². The van der Waals surface area contributed by atoms with Gasteiger partial charge >= 0.3 is 10.1 Å². The molecular formula is C13H8BrClO4S. The van der Waals surface area contributed by atoms with Gasteiger partial charge in [0.15, 0.2) is 12.0 Å². The van der Waals surface area contributed by atoms with Gasteiger partial charge in [0, 0.05) is 9.50 Å². The summed E-state index contributed by atoms with van der Waals surface area (Å²) >= 11 is 8.88. The summed E-state index contributed by atoms with van der Waals surface area (Å²) in [6.45, 7) is 0. The van der Waals surface area contributed by atoms with E-state index in [1.807, 2.05) is 0 Å². The molecule has 0 aliphatic carbocycles. The smallest absolute Gasteiger partial charge is 0.340 e. The molecule has 7 heteroatoms. The second kappa shape index (κ2) is 5.95. The van der Waals surface area contributed by atoms with Crippen molar-refractivity contribution < 1.29 is 17.4 Å². The largest absolute Gasteiger partial charge is 0.378 e. The maximum atomic E-state index is 12.2. The zero-order chi connectivity index (χ0) is 14.8. The summed E-state index contributed by atoms with van der Waals surface area (Å²) in [4.78, 5) is 10.9. The van der Waals surface area contributed by atoms with Gasteiger partial charge in [-0.2, -0.15) is 8.42 Å². The third-order valence-corrected chi connectivity index (χ3v) is 4.89. The summed E-state index contributed by atoms with van der Waals surface area (Å²) in [5.74, 6) is -0.0693. The molecule has 0 unspecified atom stereocenters. The van der Waals surface area contributed by atoms with E-state index in [0.29, 0.717) is 15.8 Å². The molecule has 2 aromatic rings. The molecule has 0 atom stereocenters. The van der Waals surface area contributed by atoms with Crippen molar-refractivity contribution in [3.05, 3.63) is 57.5 Å². The topological polar surface area (TPSA) is 60.4 Å². The van der Waals surface area contributed by atoms with Crippen LogP contribution in [-0.2, 0) is 10.1 Å². The molecule has 0 aliphatic heterocycles. The number of aldehydes is 1. The molecule has 0 N–H and O–H groups in total. The maximum absolute atomic E-state index is 12.2. The molecule has 0 aromatic heterocycles. The first-order valence-corrected chi connectivity index (χ1v) is 7.96. The lowest BCUT2D eigenvalue weighted by Crippen LogP contribution is -2.11. The highest BCUT2D eigenvalue weighted by Crippen LogP contribution is 2.28. The number of rotatable bonds is 4. The molecule has 0 spiro atoms. The van der Waals surface area contributed by atoms with Gasteiger partial charge in [-0.25, -0.2) is 0 Å². The third kappa shape index (κ3) is 3.20. The molecule has 2 rings (SSSR count). The van der Waals surface area contributed by atoms with E-state index in [2.05, 4.69) is 15.9 Å². The van der Waals surface area contributed by atoms with Crippen LogP contribution in [0, 0.1) is 0 Å². The van der Waals surface area contributed by atoms with E-state index in [4.69, 9.17) is 15.8 Å². The number of carbonyl (C=O) groups is 1. The summed E-state index contributed by atoms with van der Waals surface area (Å²) in [5.41, 5.74) is 0.0631. The fourth-order valence-electron chi connectivity index (χ4n) is 1.50. The quantitative estimate of drug-likeness (QED) is 0.604. The number of hydrogen-bond acceptors (Lipinski definition) is 4. The Morgan fingerprint density at radius 1 is 1.15 bits per heavy atom. The number of carbonyl (C=O) groups excluding carboxylic acids is 1. The molecule has 0 radical (unpaired) electrons. The Morgan fingerprint density at radius 2 is 1.85 bits per heavy atom. The SMILES string of the molecule is O=Cc1cc(Cl)ccc1OS(=O)(=O)c1ccccc1Br. The fraction of sp³-hybridized carbons (Fsp3) is 0. The Hall–Kier alpha value is -1.37. The molecule has 0 saturated heterocycles. The molecule has 0 bridgehead atoms. The third-order valence-electron chi connectivity index (χ3n) is 2.40. The van der Waals surface area contributed by atoms with E-state index < -0.39 is 10.1 Å². The molecule has 0 aliphatic rings. The highest BCUT2D eigenvalue weighted by molar-refractivity contribution is 9.10. The zero-order valence-corrected chi connectivity index (χ0v) is 13.1. The monoisotopic (exact) mass is 374 g/mol. The Morgan fingerprint density at radius 3 is 2.50 bits per heavy atom. The van der Waals surface area contributed by atoms with Crippen LogP contribution >= 0.6 is 27.5 Å². The molecule has 104 valence electrons. The summed E-state index contributed by atoms with van der Waals surface area (Å²) in [5, 5.41) is 0.317. The highest BCUT2D eigenvalue weighted by atomic mass is 79.9. The Balaban J connectivity index is 2.44. The van der Waals surface area contributed by atoms with Crippen molar-refractivity contribution in [1.82, 2.24) is 0 Å². The summed E-state index contributed by atoms with van der Waals surface area (Å²) in [6.07, 6.45) is 0.483. The van der Waals surface area contributed by atoms with Crippen molar-refractivity contribution in [2.24, 2.45) is 0 Å². The van der Waals surface area contributed by atoms with Gasteiger partial charge in [0.25, 0.3) is 0 Å². The minimum absolute atomic E-state index is 0.0215. The Labute approximate surface area is 129 Å². The van der Waals surface area contributed by atoms with Crippen LogP contribution < -0.4 is 4.18 Å². The summed E-state index contributed by atoms with van der Waals surface area (Å²) in [6, 6.07) is 10.3. The van der Waals surface area contributed by atoms with Crippen LogP contribution in [0.2, 0.25) is 5.02 Å². The fourth-order valence-corrected chi connectivity index (χ4v) is 3.59. The average Bonchev–Trinajstić information content (AvgIpc) is 2.41. The molecule has 0 heterocycles. The lowest BCUT2D eigenvalue weighted by atomic mass is 10.2. The van der Waals surface area contributed by atoms with Gasteiger partial charge in [-0.3, -0.25) is 4.79 Å². The predicted molar refractivity (Wildman–Crippen MR) is 78.8 cm³/mol. The van der Waals surface area contributed by atoms with E-state index in [1.54, 1.807) is 18.2 Å². The van der Waals surface area contributed by atoms with Crippen molar-refractivity contribution in [3.63, 3.8) is 0 Å². The maximum Gasteiger partial charge on any atom is 0.340 e. The lowest BCUT2D eigenvalue weighted by Gasteiger charge is -2.10. The van der Waals surface area contributed by atoms with Gasteiger partial charge in [-0.15, -0.1) is 0 Å². The molecule has 20 heavy (non-hydrogen) atoms. The van der Waals surface area contributed by atoms with Crippen molar-refractivity contribution in [3.8, 4) is 5.75 Å². The molecule has 0 fully saturated rings. The van der Waals surface area contributed by atoms with Crippen LogP contribution in [0.15, 0.2) is 51.8 Å². The summed E-state index contributed by atoms with van der Waals surface area (Å²) < 4.78 is 29.7. The number of halogens is 2. The van der Waals surface area contributed by atoms with Crippen molar-refractivity contribution in [2.45, 2.75) is 4.90 Å². The summed E-state index contributed by atoms with van der Waals surface area (Å²) in [7, 11) is -4.04. The van der Waals surface area contributed by atoms with Crippen molar-refractivity contribution >= 4 is 43.9 Å². The van der Waals surface area contributed by atoms with E-state index in [-0.39, 0.29) is 16.2 Å². The van der Waals surface area contributed by atoms with E-state index >= 15 is 0 Å². The van der Waals surface area contributed by atoms with Gasteiger partial charge in [-0.05, 0) is 46.3 Å². The minimum Gasteiger partial charge on any atom is -0.378 e. The van der Waals surface area contributed by atoms with Gasteiger partial charge in [0.1, 0.15) is 4.90 Å². The molecule has 2 aromatic carbocycles. The molecule has 0 saturated carbocycles. The standard InChI is InChI=1S/C13H8BrClO4S/c14-11-3-1-2-4-13(11)20(17,18)19-12-6-5-10(15)7-9(12)8-16/h1-8H. The normalized spacial score (nSPS) is 11.1. The number of benzene rings is 2. The highest BCUT2D eigenvalue weighted by Gasteiger charge is 2.21. The Bertz CT molecular complexity index is 759. The predicted octanol–water partition coefficient (Wildman–Crippen LogP) is 3.68.